The maximum Gasteiger partial charge on any atom is 0.256 e. The monoisotopic (exact) mass is 488 g/mol. The highest BCUT2D eigenvalue weighted by molar-refractivity contribution is 5.94. The molecule has 0 aliphatic carbocycles. The fourth-order valence-corrected chi connectivity index (χ4v) is 4.15. The maximum atomic E-state index is 13.6. The van der Waals surface area contributed by atoms with Crippen LogP contribution in [0, 0.1) is 23.2 Å². The van der Waals surface area contributed by atoms with Gasteiger partial charge in [-0.25, -0.2) is 9.97 Å². The van der Waals surface area contributed by atoms with E-state index < -0.39 is 0 Å². The van der Waals surface area contributed by atoms with Gasteiger partial charge in [-0.2, -0.15) is 5.26 Å². The molecular formula is C29H40N6O. The van der Waals surface area contributed by atoms with Crippen molar-refractivity contribution in [2.75, 3.05) is 33.7 Å². The number of fused-ring (bicyclic) bond motifs is 1. The van der Waals surface area contributed by atoms with Crippen LogP contribution in [0.3, 0.4) is 0 Å². The number of amides is 1. The van der Waals surface area contributed by atoms with E-state index in [1.54, 1.807) is 6.20 Å². The third-order valence-electron chi connectivity index (χ3n) is 6.37. The van der Waals surface area contributed by atoms with Crippen LogP contribution in [0.5, 0.6) is 0 Å². The number of aryl methyl sites for hydroxylation is 1. The van der Waals surface area contributed by atoms with E-state index in [1.807, 2.05) is 39.8 Å². The van der Waals surface area contributed by atoms with Gasteiger partial charge in [0.25, 0.3) is 5.91 Å². The third kappa shape index (κ3) is 7.14. The first-order valence-corrected chi connectivity index (χ1v) is 13.0. The topological polar surface area (TPSA) is 77.5 Å². The van der Waals surface area contributed by atoms with Crippen LogP contribution in [0.4, 0.5) is 0 Å². The molecule has 1 amide bonds. The van der Waals surface area contributed by atoms with Crippen molar-refractivity contribution in [1.82, 2.24) is 24.2 Å². The van der Waals surface area contributed by atoms with Crippen LogP contribution in [0.1, 0.15) is 68.6 Å². The Kier molecular flexibility index (Phi) is 9.60. The Labute approximate surface area is 215 Å². The van der Waals surface area contributed by atoms with Crippen molar-refractivity contribution in [3.8, 4) is 17.3 Å². The third-order valence-corrected chi connectivity index (χ3v) is 6.37. The Balaban J connectivity index is 2.00. The SMILES string of the molecule is CC(C)CCN(CCC(C)C)C(=O)c1cnc2nc(-c3ccc(C#N)cc3)c(CCCN(C)C)n2c1. The van der Waals surface area contributed by atoms with Gasteiger partial charge in [0.2, 0.25) is 5.78 Å². The molecule has 2 aromatic heterocycles. The molecule has 0 aliphatic heterocycles. The zero-order chi connectivity index (χ0) is 26.2. The maximum absolute atomic E-state index is 13.6. The normalized spacial score (nSPS) is 11.6. The predicted molar refractivity (Wildman–Crippen MR) is 145 cm³/mol. The molecule has 0 spiro atoms. The lowest BCUT2D eigenvalue weighted by Crippen LogP contribution is -2.34. The van der Waals surface area contributed by atoms with E-state index in [1.165, 1.54) is 0 Å². The minimum Gasteiger partial charge on any atom is -0.339 e. The molecule has 7 heteroatoms. The van der Waals surface area contributed by atoms with Crippen molar-refractivity contribution >= 4 is 11.7 Å². The molecule has 0 saturated heterocycles. The number of hydrogen-bond acceptors (Lipinski definition) is 5. The van der Waals surface area contributed by atoms with Crippen LogP contribution in [0.25, 0.3) is 17.0 Å². The van der Waals surface area contributed by atoms with Gasteiger partial charge in [-0.05, 0) is 70.3 Å². The summed E-state index contributed by atoms with van der Waals surface area (Å²) in [5.41, 5.74) is 4.04. The first-order chi connectivity index (χ1) is 17.2. The molecule has 0 N–H and O–H groups in total. The molecule has 0 atom stereocenters. The Morgan fingerprint density at radius 3 is 2.22 bits per heavy atom. The van der Waals surface area contributed by atoms with Gasteiger partial charge in [0.1, 0.15) is 0 Å². The molecule has 0 saturated carbocycles. The van der Waals surface area contributed by atoms with E-state index in [4.69, 9.17) is 4.98 Å². The molecule has 7 nitrogen and oxygen atoms in total. The van der Waals surface area contributed by atoms with E-state index in [-0.39, 0.29) is 5.91 Å². The smallest absolute Gasteiger partial charge is 0.256 e. The summed E-state index contributed by atoms with van der Waals surface area (Å²) in [4.78, 5) is 27.2. The number of imidazole rings is 1. The summed E-state index contributed by atoms with van der Waals surface area (Å²) in [6, 6.07) is 9.66. The first kappa shape index (κ1) is 27.3. The Morgan fingerprint density at radius 1 is 1.03 bits per heavy atom. The van der Waals surface area contributed by atoms with Crippen molar-refractivity contribution in [2.45, 2.75) is 53.4 Å². The molecule has 0 bridgehead atoms. The van der Waals surface area contributed by atoms with Gasteiger partial charge in [-0.15, -0.1) is 0 Å². The summed E-state index contributed by atoms with van der Waals surface area (Å²) >= 11 is 0. The molecule has 0 aliphatic rings. The number of nitriles is 1. The molecule has 0 unspecified atom stereocenters. The van der Waals surface area contributed by atoms with Gasteiger partial charge in [-0.3, -0.25) is 9.20 Å². The number of carbonyl (C=O) groups is 1. The van der Waals surface area contributed by atoms with Crippen molar-refractivity contribution in [1.29, 1.82) is 5.26 Å². The second-order valence-corrected chi connectivity index (χ2v) is 10.7. The average Bonchev–Trinajstić information content (AvgIpc) is 3.21. The molecule has 0 fully saturated rings. The zero-order valence-corrected chi connectivity index (χ0v) is 22.7. The summed E-state index contributed by atoms with van der Waals surface area (Å²) in [5, 5.41) is 9.18. The van der Waals surface area contributed by atoms with Crippen molar-refractivity contribution < 1.29 is 4.79 Å². The predicted octanol–water partition coefficient (Wildman–Crippen LogP) is 5.30. The number of aromatic nitrogens is 3. The van der Waals surface area contributed by atoms with Crippen LogP contribution in [0.2, 0.25) is 0 Å². The highest BCUT2D eigenvalue weighted by atomic mass is 16.2. The van der Waals surface area contributed by atoms with Crippen molar-refractivity contribution in [2.24, 2.45) is 11.8 Å². The number of nitrogens with zero attached hydrogens (tertiary/aromatic N) is 6. The summed E-state index contributed by atoms with van der Waals surface area (Å²) in [7, 11) is 4.13. The van der Waals surface area contributed by atoms with Gasteiger partial charge < -0.3 is 9.80 Å². The van der Waals surface area contributed by atoms with Crippen LogP contribution in [-0.4, -0.2) is 63.8 Å². The lowest BCUT2D eigenvalue weighted by atomic mass is 10.1. The average molecular weight is 489 g/mol. The fourth-order valence-electron chi connectivity index (χ4n) is 4.15. The minimum absolute atomic E-state index is 0.0264. The lowest BCUT2D eigenvalue weighted by molar-refractivity contribution is 0.0740. The van der Waals surface area contributed by atoms with E-state index in [0.29, 0.717) is 28.7 Å². The molecule has 3 aromatic rings. The molecule has 3 rings (SSSR count). The quantitative estimate of drug-likeness (QED) is 0.346. The standard InChI is InChI=1S/C29H40N6O/c1-21(2)13-16-34(17-14-22(3)4)28(36)25-19-31-29-32-27(24-11-9-23(18-30)10-12-24)26(35(29)20-25)8-7-15-33(5)6/h9-12,19-22H,7-8,13-17H2,1-6H3. The first-order valence-electron chi connectivity index (χ1n) is 13.0. The van der Waals surface area contributed by atoms with E-state index >= 15 is 0 Å². The van der Waals surface area contributed by atoms with Gasteiger partial charge in [-0.1, -0.05) is 39.8 Å². The second kappa shape index (κ2) is 12.6. The van der Waals surface area contributed by atoms with Crippen LogP contribution < -0.4 is 0 Å². The molecule has 192 valence electrons. The lowest BCUT2D eigenvalue weighted by Gasteiger charge is -2.24. The van der Waals surface area contributed by atoms with Crippen molar-refractivity contribution in [3.05, 3.63) is 53.5 Å². The van der Waals surface area contributed by atoms with Gasteiger partial charge >= 0.3 is 0 Å². The van der Waals surface area contributed by atoms with E-state index in [2.05, 4.69) is 57.7 Å². The minimum atomic E-state index is 0.0264. The zero-order valence-electron chi connectivity index (χ0n) is 22.7. The van der Waals surface area contributed by atoms with Crippen LogP contribution in [0.15, 0.2) is 36.7 Å². The Hall–Kier alpha value is -3.24. The van der Waals surface area contributed by atoms with Gasteiger partial charge in [0.05, 0.1) is 28.6 Å². The van der Waals surface area contributed by atoms with Crippen LogP contribution >= 0.6 is 0 Å². The highest BCUT2D eigenvalue weighted by Gasteiger charge is 2.20. The summed E-state index contributed by atoms with van der Waals surface area (Å²) < 4.78 is 1.99. The largest absolute Gasteiger partial charge is 0.339 e. The van der Waals surface area contributed by atoms with E-state index in [0.717, 1.165) is 62.3 Å². The summed E-state index contributed by atoms with van der Waals surface area (Å²) in [6.45, 7) is 11.2. The van der Waals surface area contributed by atoms with E-state index in [9.17, 15) is 10.1 Å². The summed E-state index contributed by atoms with van der Waals surface area (Å²) in [6.07, 6.45) is 7.28. The van der Waals surface area contributed by atoms with Gasteiger partial charge in [0, 0.05) is 31.0 Å². The molecule has 1 aromatic carbocycles. The van der Waals surface area contributed by atoms with Gasteiger partial charge in [0.15, 0.2) is 0 Å². The summed E-state index contributed by atoms with van der Waals surface area (Å²) in [5.74, 6) is 1.68. The molecule has 2 heterocycles. The Morgan fingerprint density at radius 2 is 1.67 bits per heavy atom. The molecular weight excluding hydrogens is 448 g/mol. The van der Waals surface area contributed by atoms with Crippen molar-refractivity contribution in [3.63, 3.8) is 0 Å². The van der Waals surface area contributed by atoms with Crippen LogP contribution in [-0.2, 0) is 6.42 Å². The Bertz CT molecular complexity index is 1170. The number of hydrogen-bond donors (Lipinski definition) is 0. The fraction of sp³-hybridized carbons (Fsp3) is 0.517. The number of rotatable bonds is 12. The number of carbonyl (C=O) groups excluding carboxylic acids is 1. The molecule has 0 radical (unpaired) electrons. The highest BCUT2D eigenvalue weighted by Crippen LogP contribution is 2.26. The number of benzene rings is 1. The second-order valence-electron chi connectivity index (χ2n) is 10.7. The molecule has 36 heavy (non-hydrogen) atoms.